The molecule has 7 nitrogen and oxygen atoms in total. The van der Waals surface area contributed by atoms with Crippen molar-refractivity contribution in [2.24, 2.45) is 23.7 Å². The zero-order valence-electron chi connectivity index (χ0n) is 26.2. The first kappa shape index (κ1) is 34.0. The molecule has 0 N–H and O–H groups in total. The number of nitrogens with zero attached hydrogens (tertiary/aromatic N) is 1. The van der Waals surface area contributed by atoms with Crippen LogP contribution in [0.25, 0.3) is 11.5 Å². The lowest BCUT2D eigenvalue weighted by atomic mass is 9.89. The van der Waals surface area contributed by atoms with E-state index in [9.17, 15) is 4.57 Å². The van der Waals surface area contributed by atoms with Crippen molar-refractivity contribution in [1.29, 1.82) is 5.26 Å². The molecule has 41 heavy (non-hydrogen) atoms. The Morgan fingerprint density at radius 3 is 1.44 bits per heavy atom. The van der Waals surface area contributed by atoms with Gasteiger partial charge in [0.2, 0.25) is 0 Å². The summed E-state index contributed by atoms with van der Waals surface area (Å²) in [5.41, 5.74) is 3.90. The van der Waals surface area contributed by atoms with Crippen LogP contribution in [0.15, 0.2) is 59.7 Å². The topological polar surface area (TPSA) is 87.0 Å². The first-order valence-electron chi connectivity index (χ1n) is 14.1. The number of ether oxygens (including phenoxy) is 2. The molecule has 0 fully saturated rings. The highest BCUT2D eigenvalue weighted by Gasteiger charge is 2.32. The number of hydrogen-bond acceptors (Lipinski definition) is 7. The Hall–Kier alpha value is -3.20. The maximum absolute atomic E-state index is 14.0. The summed E-state index contributed by atoms with van der Waals surface area (Å²) in [6.45, 7) is 16.9. The maximum atomic E-state index is 14.0. The summed E-state index contributed by atoms with van der Waals surface area (Å²) >= 11 is 0. The first-order chi connectivity index (χ1) is 19.4. The summed E-state index contributed by atoms with van der Waals surface area (Å²) in [6, 6.07) is 16.3. The minimum Gasteiger partial charge on any atom is -0.496 e. The lowest BCUT2D eigenvalue weighted by Gasteiger charge is -2.23. The molecule has 0 unspecified atom stereocenters. The van der Waals surface area contributed by atoms with Crippen molar-refractivity contribution < 1.29 is 27.6 Å². The molecule has 224 valence electrons. The summed E-state index contributed by atoms with van der Waals surface area (Å²) in [4.78, 5) is 0. The van der Waals surface area contributed by atoms with Gasteiger partial charge in [0.15, 0.2) is 0 Å². The van der Waals surface area contributed by atoms with Crippen molar-refractivity contribution in [3.05, 3.63) is 70.8 Å². The number of phosphoric acid groups is 1. The van der Waals surface area contributed by atoms with Crippen LogP contribution in [0.1, 0.15) is 72.9 Å². The largest absolute Gasteiger partial charge is 0.587 e. The number of phosphoric ester groups is 1. The Morgan fingerprint density at radius 1 is 0.732 bits per heavy atom. The van der Waals surface area contributed by atoms with Crippen LogP contribution < -0.4 is 9.05 Å². The Kier molecular flexibility index (Phi) is 13.0. The lowest BCUT2D eigenvalue weighted by Crippen LogP contribution is -2.09. The molecule has 0 aromatic heterocycles. The zero-order valence-corrected chi connectivity index (χ0v) is 27.1. The molecule has 2 rings (SSSR count). The second-order valence-corrected chi connectivity index (χ2v) is 12.5. The standard InChI is InChI=1S/C33H46NO6P/c1-22(2)30(23(3)4)32(36-9)26-14-11-16-28(20-26)39-41(35,38-19-13-18-34)40-29-17-12-15-27(21-29)33(37-10)31(24(5)6)25(7)8/h11-12,14-17,20-25H,13,19H2,1-10H3. The predicted octanol–water partition coefficient (Wildman–Crippen LogP) is 9.52. The molecule has 0 aliphatic heterocycles. The highest BCUT2D eigenvalue weighted by Crippen LogP contribution is 2.50. The highest BCUT2D eigenvalue weighted by atomic mass is 31.2. The van der Waals surface area contributed by atoms with Crippen LogP contribution in [0, 0.1) is 35.0 Å². The molecule has 2 aromatic carbocycles. The minimum absolute atomic E-state index is 0.0299. The van der Waals surface area contributed by atoms with Crippen LogP contribution in [0.2, 0.25) is 0 Å². The Balaban J connectivity index is 2.53. The molecule has 0 amide bonds. The van der Waals surface area contributed by atoms with Crippen molar-refractivity contribution in [3.63, 3.8) is 0 Å². The van der Waals surface area contributed by atoms with Gasteiger partial charge >= 0.3 is 7.82 Å². The fraction of sp³-hybridized carbons (Fsp3) is 0.485. The van der Waals surface area contributed by atoms with Gasteiger partial charge in [0.1, 0.15) is 23.0 Å². The number of hydrogen-bond donors (Lipinski definition) is 0. The average molecular weight is 584 g/mol. The van der Waals surface area contributed by atoms with E-state index in [-0.39, 0.29) is 36.7 Å². The van der Waals surface area contributed by atoms with Gasteiger partial charge < -0.3 is 18.5 Å². The monoisotopic (exact) mass is 583 g/mol. The van der Waals surface area contributed by atoms with Crippen molar-refractivity contribution >= 4 is 19.3 Å². The average Bonchev–Trinajstić information content (AvgIpc) is 2.89. The summed E-state index contributed by atoms with van der Waals surface area (Å²) < 4.78 is 43.0. The van der Waals surface area contributed by atoms with E-state index in [2.05, 4.69) is 55.4 Å². The third-order valence-corrected chi connectivity index (χ3v) is 7.88. The van der Waals surface area contributed by atoms with Crippen molar-refractivity contribution in [1.82, 2.24) is 0 Å². The van der Waals surface area contributed by atoms with E-state index < -0.39 is 7.82 Å². The normalized spacial score (nSPS) is 11.4. The van der Waals surface area contributed by atoms with Crippen molar-refractivity contribution in [3.8, 4) is 17.6 Å². The van der Waals surface area contributed by atoms with Gasteiger partial charge in [-0.1, -0.05) is 79.7 Å². The lowest BCUT2D eigenvalue weighted by molar-refractivity contribution is 0.213. The van der Waals surface area contributed by atoms with Gasteiger partial charge in [-0.2, -0.15) is 5.26 Å². The molecule has 0 heterocycles. The van der Waals surface area contributed by atoms with Crippen LogP contribution in [0.5, 0.6) is 11.5 Å². The van der Waals surface area contributed by atoms with Crippen molar-refractivity contribution in [2.45, 2.75) is 61.8 Å². The number of benzene rings is 2. The van der Waals surface area contributed by atoms with Gasteiger partial charge in [-0.15, -0.1) is 0 Å². The third-order valence-electron chi connectivity index (χ3n) is 6.51. The quantitative estimate of drug-likeness (QED) is 0.117. The number of methoxy groups -OCH3 is 2. The van der Waals surface area contributed by atoms with Crippen LogP contribution >= 0.6 is 7.82 Å². The highest BCUT2D eigenvalue weighted by molar-refractivity contribution is 7.49. The van der Waals surface area contributed by atoms with Crippen LogP contribution in [0.3, 0.4) is 0 Å². The molecule has 0 radical (unpaired) electrons. The number of nitriles is 1. The predicted molar refractivity (Wildman–Crippen MR) is 165 cm³/mol. The smallest absolute Gasteiger partial charge is 0.496 e. The first-order valence-corrected chi connectivity index (χ1v) is 15.6. The SMILES string of the molecule is COC(=C(C(C)C)C(C)C)c1cccc(OP(=O)(OCCC#N)Oc2cccc(C(OC)=C(C(C)C)C(C)C)c2)c1. The van der Waals surface area contributed by atoms with Gasteiger partial charge in [0.05, 0.1) is 33.3 Å². The van der Waals surface area contributed by atoms with Crippen molar-refractivity contribution in [2.75, 3.05) is 20.8 Å². The second kappa shape index (κ2) is 15.7. The Morgan fingerprint density at radius 2 is 1.12 bits per heavy atom. The van der Waals surface area contributed by atoms with Crippen LogP contribution in [-0.4, -0.2) is 20.8 Å². The number of rotatable bonds is 15. The summed E-state index contributed by atoms with van der Waals surface area (Å²) in [5, 5.41) is 9.04. The molecule has 0 aliphatic carbocycles. The zero-order chi connectivity index (χ0) is 30.7. The molecular weight excluding hydrogens is 537 g/mol. The second-order valence-electron chi connectivity index (χ2n) is 11.0. The molecule has 0 spiro atoms. The molecule has 2 aromatic rings. The molecular formula is C33H46NO6P. The van der Waals surface area contributed by atoms with Gasteiger partial charge in [-0.3, -0.25) is 4.52 Å². The summed E-state index contributed by atoms with van der Waals surface area (Å²) in [6.07, 6.45) is 0.0299. The molecule has 0 saturated carbocycles. The van der Waals surface area contributed by atoms with E-state index in [1.165, 1.54) is 0 Å². The van der Waals surface area contributed by atoms with E-state index in [0.717, 1.165) is 33.8 Å². The summed E-state index contributed by atoms with van der Waals surface area (Å²) in [5.74, 6) is 3.15. The van der Waals surface area contributed by atoms with E-state index in [0.29, 0.717) is 11.5 Å². The van der Waals surface area contributed by atoms with E-state index in [4.69, 9.17) is 28.3 Å². The van der Waals surface area contributed by atoms with E-state index >= 15 is 0 Å². The molecule has 8 heteroatoms. The molecule has 0 saturated heterocycles. The fourth-order valence-corrected chi connectivity index (χ4v) is 6.31. The van der Waals surface area contributed by atoms with E-state index in [1.807, 2.05) is 18.2 Å². The fourth-order valence-electron chi connectivity index (χ4n) is 5.11. The number of allylic oxidation sites excluding steroid dienone is 2. The molecule has 0 bridgehead atoms. The van der Waals surface area contributed by atoms with Crippen LogP contribution in [-0.2, 0) is 18.6 Å². The van der Waals surface area contributed by atoms with Crippen LogP contribution in [0.4, 0.5) is 0 Å². The minimum atomic E-state index is -4.20. The van der Waals surface area contributed by atoms with Gasteiger partial charge in [0.25, 0.3) is 0 Å². The molecule has 0 atom stereocenters. The third kappa shape index (κ3) is 9.42. The van der Waals surface area contributed by atoms with E-state index in [1.54, 1.807) is 50.6 Å². The Bertz CT molecular complexity index is 1200. The van der Waals surface area contributed by atoms with Gasteiger partial charge in [0, 0.05) is 11.1 Å². The van der Waals surface area contributed by atoms with Gasteiger partial charge in [-0.25, -0.2) is 4.57 Å². The molecule has 0 aliphatic rings. The Labute approximate surface area is 246 Å². The maximum Gasteiger partial charge on any atom is 0.587 e. The summed E-state index contributed by atoms with van der Waals surface area (Å²) in [7, 11) is -0.908. The van der Waals surface area contributed by atoms with Gasteiger partial charge in [-0.05, 0) is 59.1 Å².